The molecule has 0 saturated heterocycles. The van der Waals surface area contributed by atoms with Gasteiger partial charge in [-0.1, -0.05) is 6.92 Å². The van der Waals surface area contributed by atoms with E-state index >= 15 is 0 Å². The summed E-state index contributed by atoms with van der Waals surface area (Å²) in [5.41, 5.74) is 1.33. The molecule has 0 bridgehead atoms. The van der Waals surface area contributed by atoms with E-state index in [1.807, 2.05) is 0 Å². The number of amides is 2. The Labute approximate surface area is 133 Å². The van der Waals surface area contributed by atoms with Crippen molar-refractivity contribution in [1.29, 1.82) is 0 Å². The molecule has 3 N–H and O–H groups in total. The Hall–Kier alpha value is -2.57. The molecule has 0 aliphatic rings. The van der Waals surface area contributed by atoms with Gasteiger partial charge in [0.25, 0.3) is 5.91 Å². The van der Waals surface area contributed by atoms with Crippen LogP contribution in [0.5, 0.6) is 5.75 Å². The van der Waals surface area contributed by atoms with Gasteiger partial charge in [0.1, 0.15) is 5.69 Å². The number of benzene rings is 1. The molecule has 0 radical (unpaired) electrons. The van der Waals surface area contributed by atoms with E-state index in [2.05, 4.69) is 15.6 Å². The minimum Gasteiger partial charge on any atom is -0.494 e. The topological polar surface area (TPSA) is 83.2 Å². The number of H-pyrrole nitrogens is 1. The number of rotatable bonds is 6. The second-order valence-electron chi connectivity index (χ2n) is 5.02. The first-order chi connectivity index (χ1) is 11.0. The highest BCUT2D eigenvalue weighted by molar-refractivity contribution is 6.01. The molecule has 1 heterocycles. The normalized spacial score (nSPS) is 10.6. The van der Waals surface area contributed by atoms with Crippen molar-refractivity contribution in [2.24, 2.45) is 0 Å². The van der Waals surface area contributed by atoms with Crippen molar-refractivity contribution in [2.75, 3.05) is 20.7 Å². The SMILES string of the molecule is CCC(=O)NCCc1c(C(=O)NC)[nH]c2ccc(OC)c(F)c12. The molecule has 2 rings (SSSR count). The predicted octanol–water partition coefficient (Wildman–Crippen LogP) is 1.74. The van der Waals surface area contributed by atoms with Gasteiger partial charge in [-0.25, -0.2) is 4.39 Å². The number of nitrogens with one attached hydrogen (secondary N) is 3. The van der Waals surface area contributed by atoms with E-state index < -0.39 is 5.82 Å². The number of aromatic nitrogens is 1. The fourth-order valence-corrected chi connectivity index (χ4v) is 2.47. The molecule has 124 valence electrons. The third-order valence-corrected chi connectivity index (χ3v) is 3.66. The van der Waals surface area contributed by atoms with Crippen molar-refractivity contribution < 1.29 is 18.7 Å². The molecule has 0 aliphatic heterocycles. The highest BCUT2D eigenvalue weighted by Crippen LogP contribution is 2.31. The summed E-state index contributed by atoms with van der Waals surface area (Å²) >= 11 is 0. The van der Waals surface area contributed by atoms with Crippen molar-refractivity contribution in [3.05, 3.63) is 29.2 Å². The maximum atomic E-state index is 14.6. The summed E-state index contributed by atoms with van der Waals surface area (Å²) in [6.07, 6.45) is 0.705. The van der Waals surface area contributed by atoms with Crippen LogP contribution in [0.4, 0.5) is 4.39 Å². The lowest BCUT2D eigenvalue weighted by Gasteiger charge is -2.07. The average Bonchev–Trinajstić information content (AvgIpc) is 2.93. The van der Waals surface area contributed by atoms with Gasteiger partial charge in [0.2, 0.25) is 5.91 Å². The number of aromatic amines is 1. The number of carbonyl (C=O) groups is 2. The zero-order valence-electron chi connectivity index (χ0n) is 13.4. The molecule has 0 fully saturated rings. The number of hydrogen-bond acceptors (Lipinski definition) is 3. The molecule has 0 atom stereocenters. The van der Waals surface area contributed by atoms with E-state index in [-0.39, 0.29) is 17.6 Å². The molecule has 2 aromatic rings. The Bertz CT molecular complexity index is 740. The summed E-state index contributed by atoms with van der Waals surface area (Å²) in [4.78, 5) is 26.3. The monoisotopic (exact) mass is 321 g/mol. The van der Waals surface area contributed by atoms with Gasteiger partial charge in [0.15, 0.2) is 11.6 Å². The molecular weight excluding hydrogens is 301 g/mol. The fourth-order valence-electron chi connectivity index (χ4n) is 2.47. The summed E-state index contributed by atoms with van der Waals surface area (Å²) in [6, 6.07) is 3.17. The van der Waals surface area contributed by atoms with Crippen molar-refractivity contribution >= 4 is 22.7 Å². The minimum absolute atomic E-state index is 0.0932. The molecule has 7 heteroatoms. The summed E-state index contributed by atoms with van der Waals surface area (Å²) < 4.78 is 19.6. The number of ether oxygens (including phenoxy) is 1. The lowest BCUT2D eigenvalue weighted by Crippen LogP contribution is -2.26. The lowest BCUT2D eigenvalue weighted by molar-refractivity contribution is -0.120. The molecule has 1 aromatic heterocycles. The van der Waals surface area contributed by atoms with Crippen LogP contribution in [0.1, 0.15) is 29.4 Å². The number of halogens is 1. The zero-order chi connectivity index (χ0) is 17.0. The molecule has 0 unspecified atom stereocenters. The van der Waals surface area contributed by atoms with Crippen molar-refractivity contribution in [3.63, 3.8) is 0 Å². The maximum Gasteiger partial charge on any atom is 0.267 e. The molecular formula is C16H20FN3O3. The lowest BCUT2D eigenvalue weighted by atomic mass is 10.1. The van der Waals surface area contributed by atoms with Gasteiger partial charge in [0.05, 0.1) is 7.11 Å². The number of methoxy groups -OCH3 is 1. The number of carbonyl (C=O) groups excluding carboxylic acids is 2. The van der Waals surface area contributed by atoms with Crippen molar-refractivity contribution in [2.45, 2.75) is 19.8 Å². The summed E-state index contributed by atoms with van der Waals surface area (Å²) in [5.74, 6) is -0.840. The van der Waals surface area contributed by atoms with Gasteiger partial charge in [-0.05, 0) is 24.1 Å². The number of hydrogen-bond donors (Lipinski definition) is 3. The van der Waals surface area contributed by atoms with E-state index in [0.29, 0.717) is 41.5 Å². The van der Waals surface area contributed by atoms with Crippen LogP contribution in [0.2, 0.25) is 0 Å². The zero-order valence-corrected chi connectivity index (χ0v) is 13.4. The molecule has 23 heavy (non-hydrogen) atoms. The van der Waals surface area contributed by atoms with Crippen LogP contribution in [-0.2, 0) is 11.2 Å². The largest absolute Gasteiger partial charge is 0.494 e. The minimum atomic E-state index is -0.520. The highest BCUT2D eigenvalue weighted by Gasteiger charge is 2.21. The van der Waals surface area contributed by atoms with E-state index in [1.54, 1.807) is 13.0 Å². The Balaban J connectivity index is 2.47. The van der Waals surface area contributed by atoms with E-state index in [9.17, 15) is 14.0 Å². The Kier molecular flexibility index (Phi) is 5.20. The Morgan fingerprint density at radius 3 is 2.70 bits per heavy atom. The molecule has 0 spiro atoms. The highest BCUT2D eigenvalue weighted by atomic mass is 19.1. The summed E-state index contributed by atoms with van der Waals surface area (Å²) in [6.45, 7) is 2.07. The second-order valence-corrected chi connectivity index (χ2v) is 5.02. The summed E-state index contributed by atoms with van der Waals surface area (Å²) in [7, 11) is 2.89. The van der Waals surface area contributed by atoms with Crippen LogP contribution in [0.3, 0.4) is 0 Å². The van der Waals surface area contributed by atoms with Gasteiger partial charge in [0, 0.05) is 30.9 Å². The van der Waals surface area contributed by atoms with Gasteiger partial charge >= 0.3 is 0 Å². The van der Waals surface area contributed by atoms with E-state index in [1.165, 1.54) is 20.2 Å². The van der Waals surface area contributed by atoms with Gasteiger partial charge in [-0.2, -0.15) is 0 Å². The third-order valence-electron chi connectivity index (χ3n) is 3.66. The molecule has 2 amide bonds. The van der Waals surface area contributed by atoms with E-state index in [4.69, 9.17) is 4.74 Å². The smallest absolute Gasteiger partial charge is 0.267 e. The fraction of sp³-hybridized carbons (Fsp3) is 0.375. The van der Waals surface area contributed by atoms with Crippen LogP contribution < -0.4 is 15.4 Å². The van der Waals surface area contributed by atoms with Gasteiger partial charge in [-0.3, -0.25) is 9.59 Å². The Morgan fingerprint density at radius 1 is 1.35 bits per heavy atom. The van der Waals surface area contributed by atoms with Crippen LogP contribution >= 0.6 is 0 Å². The molecule has 0 aliphatic carbocycles. The first-order valence-electron chi connectivity index (χ1n) is 7.39. The summed E-state index contributed by atoms with van der Waals surface area (Å²) in [5, 5.41) is 5.57. The number of fused-ring (bicyclic) bond motifs is 1. The van der Waals surface area contributed by atoms with Crippen LogP contribution in [0, 0.1) is 5.82 Å². The maximum absolute atomic E-state index is 14.6. The quantitative estimate of drug-likeness (QED) is 0.758. The van der Waals surface area contributed by atoms with Gasteiger partial charge in [-0.15, -0.1) is 0 Å². The van der Waals surface area contributed by atoms with Gasteiger partial charge < -0.3 is 20.4 Å². The third kappa shape index (κ3) is 3.28. The van der Waals surface area contributed by atoms with Crippen LogP contribution in [0.25, 0.3) is 10.9 Å². The van der Waals surface area contributed by atoms with Crippen LogP contribution in [-0.4, -0.2) is 37.5 Å². The van der Waals surface area contributed by atoms with Crippen molar-refractivity contribution in [3.8, 4) is 5.75 Å². The Morgan fingerprint density at radius 2 is 2.09 bits per heavy atom. The predicted molar refractivity (Wildman–Crippen MR) is 85.2 cm³/mol. The molecule has 6 nitrogen and oxygen atoms in total. The molecule has 1 aromatic carbocycles. The first-order valence-corrected chi connectivity index (χ1v) is 7.39. The average molecular weight is 321 g/mol. The van der Waals surface area contributed by atoms with E-state index in [0.717, 1.165) is 0 Å². The standard InChI is InChI=1S/C16H20FN3O3/c1-4-12(21)19-8-7-9-13-10(20-15(9)16(22)18-2)5-6-11(23-3)14(13)17/h5-6,20H,4,7-8H2,1-3H3,(H,18,22)(H,19,21). The van der Waals surface area contributed by atoms with Crippen molar-refractivity contribution in [1.82, 2.24) is 15.6 Å². The molecule has 0 saturated carbocycles. The first kappa shape index (κ1) is 16.8. The van der Waals surface area contributed by atoms with Crippen LogP contribution in [0.15, 0.2) is 12.1 Å². The second kappa shape index (κ2) is 7.13.